The Hall–Kier alpha value is -0.600. The van der Waals surface area contributed by atoms with Crippen molar-refractivity contribution in [2.75, 3.05) is 0 Å². The smallest absolute Gasteiger partial charge is 0.142 e. The molecule has 0 spiro atoms. The van der Waals surface area contributed by atoms with Gasteiger partial charge in [-0.25, -0.2) is 4.39 Å². The van der Waals surface area contributed by atoms with Crippen LogP contribution in [0.25, 0.3) is 0 Å². The molecule has 0 saturated carbocycles. The molecule has 1 unspecified atom stereocenters. The summed E-state index contributed by atoms with van der Waals surface area (Å²) in [4.78, 5) is 10.2. The van der Waals surface area contributed by atoms with Crippen molar-refractivity contribution in [3.63, 3.8) is 0 Å². The van der Waals surface area contributed by atoms with Gasteiger partial charge in [0.25, 0.3) is 0 Å². The minimum atomic E-state index is -0.809. The predicted molar refractivity (Wildman–Crippen MR) is 46.1 cm³/mol. The van der Waals surface area contributed by atoms with Crippen LogP contribution in [0.2, 0.25) is 5.02 Å². The van der Waals surface area contributed by atoms with Crippen molar-refractivity contribution >= 4 is 29.5 Å². The van der Waals surface area contributed by atoms with Crippen LogP contribution in [0.4, 0.5) is 4.39 Å². The van der Waals surface area contributed by atoms with E-state index in [4.69, 9.17) is 23.2 Å². The van der Waals surface area contributed by atoms with E-state index in [1.807, 2.05) is 0 Å². The maximum Gasteiger partial charge on any atom is 0.142 e. The third kappa shape index (κ3) is 1.96. The lowest BCUT2D eigenvalue weighted by Crippen LogP contribution is -1.92. The van der Waals surface area contributed by atoms with Gasteiger partial charge >= 0.3 is 0 Å². The second-order valence-electron chi connectivity index (χ2n) is 2.21. The second kappa shape index (κ2) is 3.87. The van der Waals surface area contributed by atoms with E-state index in [1.165, 1.54) is 12.1 Å². The number of carbonyl (C=O) groups is 1. The van der Waals surface area contributed by atoms with E-state index in [9.17, 15) is 9.18 Å². The molecule has 1 aromatic carbocycles. The summed E-state index contributed by atoms with van der Waals surface area (Å²) < 4.78 is 12.8. The van der Waals surface area contributed by atoms with Crippen LogP contribution in [0.5, 0.6) is 0 Å². The van der Waals surface area contributed by atoms with Gasteiger partial charge in [-0.2, -0.15) is 0 Å². The highest BCUT2D eigenvalue weighted by molar-refractivity contribution is 6.31. The maximum atomic E-state index is 12.8. The summed E-state index contributed by atoms with van der Waals surface area (Å²) in [6.45, 7) is 0. The summed E-state index contributed by atoms with van der Waals surface area (Å²) in [6.07, 6.45) is 0.532. The number of hydrogen-bond acceptors (Lipinski definition) is 1. The summed E-state index contributed by atoms with van der Waals surface area (Å²) in [5, 5.41) is -0.787. The Morgan fingerprint density at radius 3 is 2.67 bits per heavy atom. The van der Waals surface area contributed by atoms with Crippen LogP contribution in [0.15, 0.2) is 18.2 Å². The zero-order valence-corrected chi connectivity index (χ0v) is 7.44. The molecule has 0 N–H and O–H groups in total. The van der Waals surface area contributed by atoms with E-state index in [0.29, 0.717) is 11.8 Å². The zero-order chi connectivity index (χ0) is 9.14. The molecule has 0 aliphatic rings. The molecule has 0 aliphatic carbocycles. The van der Waals surface area contributed by atoms with Crippen LogP contribution >= 0.6 is 23.2 Å². The number of benzene rings is 1. The van der Waals surface area contributed by atoms with Crippen LogP contribution in [0.3, 0.4) is 0 Å². The normalized spacial score (nSPS) is 12.6. The van der Waals surface area contributed by atoms with E-state index in [2.05, 4.69) is 0 Å². The molecule has 0 bridgehead atoms. The number of halogens is 3. The van der Waals surface area contributed by atoms with Crippen LogP contribution in [0, 0.1) is 5.82 Å². The van der Waals surface area contributed by atoms with Gasteiger partial charge < -0.3 is 4.79 Å². The molecule has 0 aromatic heterocycles. The van der Waals surface area contributed by atoms with Gasteiger partial charge in [0.1, 0.15) is 17.5 Å². The summed E-state index contributed by atoms with van der Waals surface area (Å²) in [5.41, 5.74) is 0.411. The molecule has 0 saturated heterocycles. The first-order valence-electron chi connectivity index (χ1n) is 3.19. The highest BCUT2D eigenvalue weighted by Gasteiger charge is 2.08. The van der Waals surface area contributed by atoms with Gasteiger partial charge in [0, 0.05) is 0 Å². The van der Waals surface area contributed by atoms with Gasteiger partial charge in [-0.05, 0) is 17.7 Å². The molecule has 64 valence electrons. The minimum absolute atomic E-state index is 0.0218. The van der Waals surface area contributed by atoms with E-state index < -0.39 is 11.2 Å². The molecular formula is C8H5Cl2FO. The molecule has 0 aliphatic heterocycles. The number of rotatable bonds is 2. The van der Waals surface area contributed by atoms with Crippen molar-refractivity contribution < 1.29 is 9.18 Å². The van der Waals surface area contributed by atoms with E-state index in [1.54, 1.807) is 0 Å². The Labute approximate surface area is 79.1 Å². The Kier molecular flexibility index (Phi) is 3.06. The largest absolute Gasteiger partial charge is 0.301 e. The molecular weight excluding hydrogens is 202 g/mol. The second-order valence-corrected chi connectivity index (χ2v) is 3.09. The van der Waals surface area contributed by atoms with Crippen molar-refractivity contribution in [2.45, 2.75) is 5.38 Å². The molecule has 1 nitrogen and oxygen atoms in total. The average molecular weight is 207 g/mol. The van der Waals surface area contributed by atoms with E-state index in [0.717, 1.165) is 6.07 Å². The van der Waals surface area contributed by atoms with E-state index in [-0.39, 0.29) is 5.02 Å². The van der Waals surface area contributed by atoms with Crippen LogP contribution < -0.4 is 0 Å². The molecule has 0 fully saturated rings. The molecule has 0 heterocycles. The number of aldehydes is 1. The van der Waals surface area contributed by atoms with Gasteiger partial charge in [-0.15, -0.1) is 11.6 Å². The summed E-state index contributed by atoms with van der Waals surface area (Å²) in [6, 6.07) is 4.02. The van der Waals surface area contributed by atoms with Crippen molar-refractivity contribution in [1.82, 2.24) is 0 Å². The van der Waals surface area contributed by atoms with Gasteiger partial charge in [0.05, 0.1) is 5.02 Å². The Balaban J connectivity index is 3.04. The Morgan fingerprint density at radius 2 is 2.17 bits per heavy atom. The summed E-state index contributed by atoms with van der Waals surface area (Å²) >= 11 is 11.0. The molecule has 1 rings (SSSR count). The maximum absolute atomic E-state index is 12.8. The van der Waals surface area contributed by atoms with Crippen molar-refractivity contribution in [2.24, 2.45) is 0 Å². The zero-order valence-electron chi connectivity index (χ0n) is 5.93. The quantitative estimate of drug-likeness (QED) is 0.538. The fourth-order valence-electron chi connectivity index (χ4n) is 0.762. The SMILES string of the molecule is O=CC(Cl)c1ccc(Cl)c(F)c1. The van der Waals surface area contributed by atoms with Crippen molar-refractivity contribution in [3.05, 3.63) is 34.6 Å². The van der Waals surface area contributed by atoms with Gasteiger partial charge in [-0.1, -0.05) is 17.7 Å². The standard InChI is InChI=1S/C8H5Cl2FO/c9-6-2-1-5(3-8(6)11)7(10)4-12/h1-4,7H. The molecule has 0 radical (unpaired) electrons. The fourth-order valence-corrected chi connectivity index (χ4v) is 1.02. The fraction of sp³-hybridized carbons (Fsp3) is 0.125. The summed E-state index contributed by atoms with van der Waals surface area (Å²) in [5.74, 6) is -0.568. The van der Waals surface area contributed by atoms with Crippen LogP contribution in [-0.2, 0) is 4.79 Å². The highest BCUT2D eigenvalue weighted by Crippen LogP contribution is 2.22. The molecule has 1 aromatic rings. The lowest BCUT2D eigenvalue weighted by molar-refractivity contribution is -0.107. The summed E-state index contributed by atoms with van der Waals surface area (Å²) in [7, 11) is 0. The van der Waals surface area contributed by atoms with Crippen LogP contribution in [-0.4, -0.2) is 6.29 Å². The van der Waals surface area contributed by atoms with Gasteiger partial charge in [0.15, 0.2) is 0 Å². The number of hydrogen-bond donors (Lipinski definition) is 0. The topological polar surface area (TPSA) is 17.1 Å². The van der Waals surface area contributed by atoms with Gasteiger partial charge in [0.2, 0.25) is 0 Å². The van der Waals surface area contributed by atoms with Crippen molar-refractivity contribution in [3.8, 4) is 0 Å². The lowest BCUT2D eigenvalue weighted by atomic mass is 10.1. The highest BCUT2D eigenvalue weighted by atomic mass is 35.5. The number of carbonyl (C=O) groups excluding carboxylic acids is 1. The molecule has 4 heteroatoms. The first-order chi connectivity index (χ1) is 5.65. The molecule has 0 amide bonds. The Morgan fingerprint density at radius 1 is 1.50 bits per heavy atom. The first-order valence-corrected chi connectivity index (χ1v) is 4.01. The lowest BCUT2D eigenvalue weighted by Gasteiger charge is -2.01. The number of alkyl halides is 1. The van der Waals surface area contributed by atoms with Crippen LogP contribution in [0.1, 0.15) is 10.9 Å². The average Bonchev–Trinajstić information content (AvgIpc) is 2.08. The van der Waals surface area contributed by atoms with E-state index >= 15 is 0 Å². The third-order valence-corrected chi connectivity index (χ3v) is 2.04. The Bertz CT molecular complexity index is 301. The van der Waals surface area contributed by atoms with Crippen molar-refractivity contribution in [1.29, 1.82) is 0 Å². The monoisotopic (exact) mass is 206 g/mol. The predicted octanol–water partition coefficient (Wildman–Crippen LogP) is 2.96. The first kappa shape index (κ1) is 9.49. The molecule has 1 atom stereocenters. The van der Waals surface area contributed by atoms with Gasteiger partial charge in [-0.3, -0.25) is 0 Å². The third-order valence-electron chi connectivity index (χ3n) is 1.38. The minimum Gasteiger partial charge on any atom is -0.301 e. The molecule has 12 heavy (non-hydrogen) atoms.